The van der Waals surface area contributed by atoms with Crippen LogP contribution >= 0.6 is 34.3 Å². The van der Waals surface area contributed by atoms with Crippen LogP contribution in [0.4, 0.5) is 5.13 Å². The first-order chi connectivity index (χ1) is 12.8. The van der Waals surface area contributed by atoms with E-state index in [1.54, 1.807) is 6.92 Å². The van der Waals surface area contributed by atoms with Crippen molar-refractivity contribution in [3.05, 3.63) is 26.1 Å². The third-order valence-electron chi connectivity index (χ3n) is 4.15. The van der Waals surface area contributed by atoms with Gasteiger partial charge in [0.05, 0.1) is 23.4 Å². The van der Waals surface area contributed by atoms with Crippen LogP contribution < -0.4 is 5.32 Å². The lowest BCUT2D eigenvalue weighted by molar-refractivity contribution is -0.225. The summed E-state index contributed by atoms with van der Waals surface area (Å²) in [5.41, 5.74) is 0.555. The molecule has 3 rings (SSSR count). The summed E-state index contributed by atoms with van der Waals surface area (Å²) in [5, 5.41) is 42.2. The van der Waals surface area contributed by atoms with Gasteiger partial charge in [0.1, 0.15) is 35.4 Å². The third-order valence-corrected chi connectivity index (χ3v) is 6.37. The predicted octanol–water partition coefficient (Wildman–Crippen LogP) is 0.0467. The van der Waals surface area contributed by atoms with Crippen LogP contribution in [0.3, 0.4) is 0 Å². The zero-order chi connectivity index (χ0) is 19.7. The van der Waals surface area contributed by atoms with Crippen LogP contribution in [0.1, 0.15) is 20.2 Å². The zero-order valence-electron chi connectivity index (χ0n) is 14.1. The molecule has 3 unspecified atom stereocenters. The number of rotatable bonds is 6. The highest BCUT2D eigenvalue weighted by molar-refractivity contribution is 7.20. The number of aliphatic hydroxyl groups is 4. The molecule has 5 N–H and O–H groups in total. The van der Waals surface area contributed by atoms with Crippen LogP contribution in [0, 0.1) is 6.92 Å². The maximum atomic E-state index is 12.5. The highest BCUT2D eigenvalue weighted by Crippen LogP contribution is 2.28. The molecule has 148 valence electrons. The van der Waals surface area contributed by atoms with Crippen LogP contribution in [0.15, 0.2) is 6.20 Å². The Morgan fingerprint density at radius 1 is 1.26 bits per heavy atom. The number of aliphatic hydroxyl groups excluding tert-OH is 4. The molecule has 0 bridgehead atoms. The normalized spacial score (nSPS) is 28.3. The van der Waals surface area contributed by atoms with Crippen LogP contribution in [-0.4, -0.2) is 79.8 Å². The number of ether oxygens (including phenoxy) is 1. The number of aryl methyl sites for hydroxylation is 1. The van der Waals surface area contributed by atoms with Crippen molar-refractivity contribution in [3.63, 3.8) is 0 Å². The van der Waals surface area contributed by atoms with Gasteiger partial charge in [-0.3, -0.25) is 4.79 Å². The van der Waals surface area contributed by atoms with Gasteiger partial charge < -0.3 is 30.5 Å². The quantitative estimate of drug-likeness (QED) is 0.397. The summed E-state index contributed by atoms with van der Waals surface area (Å²) in [5.74, 6) is -0.227. The summed E-state index contributed by atoms with van der Waals surface area (Å²) in [4.78, 5) is 21.5. The van der Waals surface area contributed by atoms with Gasteiger partial charge in [0.25, 0.3) is 0 Å². The van der Waals surface area contributed by atoms with Gasteiger partial charge in [-0.05, 0) is 6.92 Å². The molecule has 0 radical (unpaired) electrons. The van der Waals surface area contributed by atoms with Gasteiger partial charge in [-0.2, -0.15) is 0 Å². The number of carbonyl (C=O) groups is 1. The van der Waals surface area contributed by atoms with E-state index in [4.69, 9.17) is 16.3 Å². The number of hydrogen-bond acceptors (Lipinski definition) is 11. The standard InChI is InChI=1S/C15H18ClN3O6S2/c1-5-13(27-14(16)19-5)11(23)8-3-18-15(26-8)17-2-6-9(21)12(24)10(22)7(4-20)25-6/h3,6-7,9-10,12,20-22,24H,2,4H2,1H3,(H,17,18)/t6-,7?,9?,10-,12?/m1/s1. The van der Waals surface area contributed by atoms with E-state index in [1.807, 2.05) is 0 Å². The topological polar surface area (TPSA) is 145 Å². The van der Waals surface area contributed by atoms with Crippen molar-refractivity contribution in [2.45, 2.75) is 37.4 Å². The van der Waals surface area contributed by atoms with Crippen molar-refractivity contribution in [3.8, 4) is 0 Å². The molecule has 1 aliphatic heterocycles. The molecule has 0 spiro atoms. The first-order valence-corrected chi connectivity index (χ1v) is 10.0. The minimum atomic E-state index is -1.44. The van der Waals surface area contributed by atoms with E-state index in [0.29, 0.717) is 25.0 Å². The van der Waals surface area contributed by atoms with E-state index >= 15 is 0 Å². The Morgan fingerprint density at radius 3 is 2.59 bits per heavy atom. The van der Waals surface area contributed by atoms with Gasteiger partial charge in [0.15, 0.2) is 9.60 Å². The molecule has 1 fully saturated rings. The van der Waals surface area contributed by atoms with E-state index < -0.39 is 37.1 Å². The van der Waals surface area contributed by atoms with Crippen molar-refractivity contribution < 1.29 is 30.0 Å². The van der Waals surface area contributed by atoms with Gasteiger partial charge in [-0.1, -0.05) is 34.3 Å². The number of anilines is 1. The van der Waals surface area contributed by atoms with E-state index in [1.165, 1.54) is 6.20 Å². The fourth-order valence-corrected chi connectivity index (χ4v) is 4.62. The molecule has 27 heavy (non-hydrogen) atoms. The minimum Gasteiger partial charge on any atom is -0.394 e. The lowest BCUT2D eigenvalue weighted by atomic mass is 9.95. The average molecular weight is 436 g/mol. The Bertz CT molecular complexity index is 813. The first kappa shape index (κ1) is 20.6. The molecule has 12 heteroatoms. The second kappa shape index (κ2) is 8.45. The Labute approximate surface area is 167 Å². The van der Waals surface area contributed by atoms with Crippen LogP contribution in [0.25, 0.3) is 0 Å². The molecular formula is C15H18ClN3O6S2. The summed E-state index contributed by atoms with van der Waals surface area (Å²) in [6, 6.07) is 0. The first-order valence-electron chi connectivity index (χ1n) is 7.99. The molecule has 0 amide bonds. The Kier molecular flexibility index (Phi) is 6.43. The van der Waals surface area contributed by atoms with E-state index in [0.717, 1.165) is 22.7 Å². The Balaban J connectivity index is 1.64. The number of nitrogens with zero attached hydrogens (tertiary/aromatic N) is 2. The molecule has 0 aromatic carbocycles. The molecule has 5 atom stereocenters. The molecule has 3 heterocycles. The monoisotopic (exact) mass is 435 g/mol. The molecule has 0 aliphatic carbocycles. The number of hydrogen-bond donors (Lipinski definition) is 5. The molecule has 1 aliphatic rings. The summed E-state index contributed by atoms with van der Waals surface area (Å²) in [6.07, 6.45) is -4.59. The van der Waals surface area contributed by atoms with Gasteiger partial charge in [0, 0.05) is 6.54 Å². The van der Waals surface area contributed by atoms with Crippen LogP contribution in [0.5, 0.6) is 0 Å². The maximum Gasteiger partial charge on any atom is 0.216 e. The molecule has 1 saturated heterocycles. The lowest BCUT2D eigenvalue weighted by Crippen LogP contribution is -2.60. The Morgan fingerprint density at radius 2 is 1.96 bits per heavy atom. The van der Waals surface area contributed by atoms with Gasteiger partial charge in [-0.25, -0.2) is 9.97 Å². The maximum absolute atomic E-state index is 12.5. The highest BCUT2D eigenvalue weighted by atomic mass is 35.5. The number of aromatic nitrogens is 2. The van der Waals surface area contributed by atoms with Crippen molar-refractivity contribution in [1.82, 2.24) is 9.97 Å². The lowest BCUT2D eigenvalue weighted by Gasteiger charge is -2.40. The fourth-order valence-electron chi connectivity index (χ4n) is 2.68. The second-order valence-corrected chi connectivity index (χ2v) is 8.60. The van der Waals surface area contributed by atoms with E-state index in [2.05, 4.69) is 15.3 Å². The number of halogens is 1. The van der Waals surface area contributed by atoms with Gasteiger partial charge in [-0.15, -0.1) is 0 Å². The second-order valence-electron chi connectivity index (χ2n) is 5.99. The number of nitrogens with one attached hydrogen (secondary N) is 1. The van der Waals surface area contributed by atoms with Crippen molar-refractivity contribution >= 4 is 45.2 Å². The molecular weight excluding hydrogens is 418 g/mol. The number of ketones is 1. The van der Waals surface area contributed by atoms with Crippen molar-refractivity contribution in [1.29, 1.82) is 0 Å². The van der Waals surface area contributed by atoms with Gasteiger partial charge >= 0.3 is 0 Å². The van der Waals surface area contributed by atoms with E-state index in [-0.39, 0.29) is 12.3 Å². The predicted molar refractivity (Wildman–Crippen MR) is 99.7 cm³/mol. The summed E-state index contributed by atoms with van der Waals surface area (Å²) >= 11 is 8.05. The number of carbonyl (C=O) groups excluding carboxylic acids is 1. The average Bonchev–Trinajstić information content (AvgIpc) is 3.24. The fraction of sp³-hybridized carbons (Fsp3) is 0.533. The smallest absolute Gasteiger partial charge is 0.216 e. The third kappa shape index (κ3) is 4.30. The largest absolute Gasteiger partial charge is 0.394 e. The van der Waals surface area contributed by atoms with Crippen LogP contribution in [-0.2, 0) is 4.74 Å². The molecule has 9 nitrogen and oxygen atoms in total. The number of thiazole rings is 2. The summed E-state index contributed by atoms with van der Waals surface area (Å²) in [7, 11) is 0. The molecule has 0 saturated carbocycles. The van der Waals surface area contributed by atoms with E-state index in [9.17, 15) is 25.2 Å². The molecule has 2 aromatic rings. The highest BCUT2D eigenvalue weighted by Gasteiger charge is 2.43. The minimum absolute atomic E-state index is 0.0635. The van der Waals surface area contributed by atoms with Crippen molar-refractivity contribution in [2.24, 2.45) is 0 Å². The molecule has 2 aromatic heterocycles. The van der Waals surface area contributed by atoms with Crippen LogP contribution in [0.2, 0.25) is 4.47 Å². The SMILES string of the molecule is Cc1nc(Cl)sc1C(=O)c1cnc(NC[C@H]2OC(CO)[C@@H](O)C(O)C2O)s1. The van der Waals surface area contributed by atoms with Crippen molar-refractivity contribution in [2.75, 3.05) is 18.5 Å². The summed E-state index contributed by atoms with van der Waals surface area (Å²) < 4.78 is 5.70. The Hall–Kier alpha value is -1.18. The summed E-state index contributed by atoms with van der Waals surface area (Å²) in [6.45, 7) is 1.27. The van der Waals surface area contributed by atoms with Gasteiger partial charge in [0.2, 0.25) is 5.78 Å². The zero-order valence-corrected chi connectivity index (χ0v) is 16.5.